The zero-order valence-electron chi connectivity index (χ0n) is 14.2. The Balaban J connectivity index is 1.75. The van der Waals surface area contributed by atoms with E-state index in [1.165, 1.54) is 12.3 Å². The fraction of sp³-hybridized carbons (Fsp3) is 0.0556. The molecule has 0 unspecified atom stereocenters. The standard InChI is InChI=1S/C18H14N4O5/c1-12-2-4-13(5-3-12)18-9-7-15(27-18)11-19-20-16-8-6-14(21(23)24)10-17(16)22(25)26/h2-11,20H,1H3/b19-11-. The van der Waals surface area contributed by atoms with Gasteiger partial charge in [0, 0.05) is 11.6 Å². The lowest BCUT2D eigenvalue weighted by molar-refractivity contribution is -0.393. The van der Waals surface area contributed by atoms with Gasteiger partial charge in [-0.05, 0) is 25.1 Å². The lowest BCUT2D eigenvalue weighted by Crippen LogP contribution is -1.98. The highest BCUT2D eigenvalue weighted by molar-refractivity contribution is 5.78. The van der Waals surface area contributed by atoms with Gasteiger partial charge in [-0.3, -0.25) is 25.7 Å². The van der Waals surface area contributed by atoms with Crippen molar-refractivity contribution in [3.63, 3.8) is 0 Å². The molecule has 0 amide bonds. The maximum absolute atomic E-state index is 11.1. The first-order chi connectivity index (χ1) is 12.9. The summed E-state index contributed by atoms with van der Waals surface area (Å²) in [5.41, 5.74) is 3.79. The molecule has 27 heavy (non-hydrogen) atoms. The molecule has 0 radical (unpaired) electrons. The number of nitrogens with one attached hydrogen (secondary N) is 1. The van der Waals surface area contributed by atoms with Crippen LogP contribution < -0.4 is 5.43 Å². The molecule has 3 rings (SSSR count). The van der Waals surface area contributed by atoms with Crippen molar-refractivity contribution >= 4 is 23.3 Å². The van der Waals surface area contributed by atoms with Crippen LogP contribution in [0.2, 0.25) is 0 Å². The molecule has 136 valence electrons. The number of aryl methyl sites for hydroxylation is 1. The number of rotatable bonds is 6. The zero-order chi connectivity index (χ0) is 19.4. The predicted octanol–water partition coefficient (Wildman–Crippen LogP) is 4.52. The van der Waals surface area contributed by atoms with E-state index < -0.39 is 15.5 Å². The van der Waals surface area contributed by atoms with Gasteiger partial charge in [-0.1, -0.05) is 29.8 Å². The number of benzene rings is 2. The molecule has 0 aliphatic rings. The summed E-state index contributed by atoms with van der Waals surface area (Å²) in [5, 5.41) is 25.7. The van der Waals surface area contributed by atoms with Crippen molar-refractivity contribution in [2.75, 3.05) is 5.43 Å². The van der Waals surface area contributed by atoms with E-state index in [2.05, 4.69) is 10.5 Å². The molecule has 0 aliphatic heterocycles. The number of non-ortho nitro benzene ring substituents is 1. The number of nitro groups is 2. The van der Waals surface area contributed by atoms with Crippen LogP contribution in [0, 0.1) is 27.2 Å². The molecule has 0 fully saturated rings. The predicted molar refractivity (Wildman–Crippen MR) is 99.8 cm³/mol. The van der Waals surface area contributed by atoms with E-state index in [1.54, 1.807) is 12.1 Å². The van der Waals surface area contributed by atoms with Gasteiger partial charge in [0.25, 0.3) is 5.69 Å². The summed E-state index contributed by atoms with van der Waals surface area (Å²) in [5.74, 6) is 1.11. The highest BCUT2D eigenvalue weighted by Gasteiger charge is 2.19. The van der Waals surface area contributed by atoms with Crippen molar-refractivity contribution in [3.8, 4) is 11.3 Å². The van der Waals surface area contributed by atoms with E-state index in [1.807, 2.05) is 31.2 Å². The number of furan rings is 1. The van der Waals surface area contributed by atoms with E-state index in [0.29, 0.717) is 11.5 Å². The molecule has 3 aromatic rings. The van der Waals surface area contributed by atoms with Crippen molar-refractivity contribution in [1.29, 1.82) is 0 Å². The van der Waals surface area contributed by atoms with E-state index in [9.17, 15) is 20.2 Å². The van der Waals surface area contributed by atoms with Gasteiger partial charge in [-0.25, -0.2) is 0 Å². The molecule has 9 nitrogen and oxygen atoms in total. The summed E-state index contributed by atoms with van der Waals surface area (Å²) >= 11 is 0. The molecule has 0 bridgehead atoms. The van der Waals surface area contributed by atoms with Crippen molar-refractivity contribution < 1.29 is 14.3 Å². The van der Waals surface area contributed by atoms with Crippen LogP contribution in [0.5, 0.6) is 0 Å². The Bertz CT molecular complexity index is 1020. The van der Waals surface area contributed by atoms with Crippen LogP contribution in [0.4, 0.5) is 17.1 Å². The normalized spacial score (nSPS) is 10.9. The fourth-order valence-electron chi connectivity index (χ4n) is 2.34. The number of hydrogen-bond donors (Lipinski definition) is 1. The second-order valence-electron chi connectivity index (χ2n) is 5.65. The summed E-state index contributed by atoms with van der Waals surface area (Å²) in [6.45, 7) is 1.99. The third-order valence-corrected chi connectivity index (χ3v) is 3.73. The monoisotopic (exact) mass is 366 g/mol. The largest absolute Gasteiger partial charge is 0.455 e. The van der Waals surface area contributed by atoms with Crippen LogP contribution >= 0.6 is 0 Å². The first-order valence-electron chi connectivity index (χ1n) is 7.83. The molecule has 1 heterocycles. The van der Waals surface area contributed by atoms with Gasteiger partial charge >= 0.3 is 5.69 Å². The van der Waals surface area contributed by atoms with E-state index >= 15 is 0 Å². The Hall–Kier alpha value is -4.01. The van der Waals surface area contributed by atoms with Gasteiger partial charge in [-0.2, -0.15) is 5.10 Å². The number of nitrogens with zero attached hydrogens (tertiary/aromatic N) is 3. The minimum absolute atomic E-state index is 0.0344. The minimum atomic E-state index is -0.715. The van der Waals surface area contributed by atoms with Crippen LogP contribution in [-0.4, -0.2) is 16.1 Å². The molecular weight excluding hydrogens is 352 g/mol. The molecule has 1 aromatic heterocycles. The molecule has 9 heteroatoms. The summed E-state index contributed by atoms with van der Waals surface area (Å²) in [7, 11) is 0. The molecule has 0 aliphatic carbocycles. The number of anilines is 1. The quantitative estimate of drug-likeness (QED) is 0.388. The van der Waals surface area contributed by atoms with Crippen molar-refractivity contribution in [2.45, 2.75) is 6.92 Å². The molecule has 2 aromatic carbocycles. The molecule has 0 saturated heterocycles. The SMILES string of the molecule is Cc1ccc(-c2ccc(/C=N\Nc3ccc([N+](=O)[O-])cc3[N+](=O)[O-])o2)cc1. The topological polar surface area (TPSA) is 124 Å². The maximum Gasteiger partial charge on any atom is 0.301 e. The van der Waals surface area contributed by atoms with Gasteiger partial charge in [0.15, 0.2) is 0 Å². The second kappa shape index (κ2) is 7.48. The Morgan fingerprint density at radius 2 is 1.74 bits per heavy atom. The summed E-state index contributed by atoms with van der Waals surface area (Å²) < 4.78 is 5.66. The van der Waals surface area contributed by atoms with Crippen LogP contribution in [0.3, 0.4) is 0 Å². The number of hydrogen-bond acceptors (Lipinski definition) is 7. The first-order valence-corrected chi connectivity index (χ1v) is 7.83. The third-order valence-electron chi connectivity index (χ3n) is 3.73. The average Bonchev–Trinajstić information content (AvgIpc) is 3.11. The van der Waals surface area contributed by atoms with Crippen LogP contribution in [0.1, 0.15) is 11.3 Å². The summed E-state index contributed by atoms with van der Waals surface area (Å²) in [6.07, 6.45) is 1.36. The van der Waals surface area contributed by atoms with E-state index in [-0.39, 0.29) is 11.4 Å². The zero-order valence-corrected chi connectivity index (χ0v) is 14.2. The first kappa shape index (κ1) is 17.8. The number of hydrazone groups is 1. The molecular formula is C18H14N4O5. The van der Waals surface area contributed by atoms with Gasteiger partial charge in [0.1, 0.15) is 17.2 Å². The van der Waals surface area contributed by atoms with Crippen LogP contribution in [-0.2, 0) is 0 Å². The van der Waals surface area contributed by atoms with E-state index in [4.69, 9.17) is 4.42 Å². The van der Waals surface area contributed by atoms with Crippen molar-refractivity contribution in [1.82, 2.24) is 0 Å². The van der Waals surface area contributed by atoms with Gasteiger partial charge < -0.3 is 4.42 Å². The molecule has 0 saturated carbocycles. The van der Waals surface area contributed by atoms with Crippen molar-refractivity contribution in [3.05, 3.63) is 86.1 Å². The van der Waals surface area contributed by atoms with Crippen LogP contribution in [0.25, 0.3) is 11.3 Å². The summed E-state index contributed by atoms with van der Waals surface area (Å²) in [4.78, 5) is 20.4. The molecule has 0 atom stereocenters. The van der Waals surface area contributed by atoms with Gasteiger partial charge in [0.2, 0.25) is 0 Å². The average molecular weight is 366 g/mol. The second-order valence-corrected chi connectivity index (χ2v) is 5.65. The summed E-state index contributed by atoms with van der Waals surface area (Å²) in [6, 6.07) is 14.6. The highest BCUT2D eigenvalue weighted by Crippen LogP contribution is 2.29. The lowest BCUT2D eigenvalue weighted by Gasteiger charge is -2.01. The Morgan fingerprint density at radius 1 is 1.00 bits per heavy atom. The highest BCUT2D eigenvalue weighted by atomic mass is 16.6. The molecule has 1 N–H and O–H groups in total. The van der Waals surface area contributed by atoms with Crippen LogP contribution in [0.15, 0.2) is 64.1 Å². The maximum atomic E-state index is 11.1. The third kappa shape index (κ3) is 4.15. The van der Waals surface area contributed by atoms with Crippen molar-refractivity contribution in [2.24, 2.45) is 5.10 Å². The van der Waals surface area contributed by atoms with Gasteiger partial charge in [-0.15, -0.1) is 0 Å². The minimum Gasteiger partial charge on any atom is -0.455 e. The fourth-order valence-corrected chi connectivity index (χ4v) is 2.34. The Labute approximate surface area is 153 Å². The Kier molecular flexibility index (Phi) is 4.93. The van der Waals surface area contributed by atoms with Gasteiger partial charge in [0.05, 0.1) is 22.1 Å². The number of nitro benzene ring substituents is 2. The smallest absolute Gasteiger partial charge is 0.301 e. The lowest BCUT2D eigenvalue weighted by atomic mass is 10.1. The Morgan fingerprint density at radius 3 is 2.41 bits per heavy atom. The van der Waals surface area contributed by atoms with E-state index in [0.717, 1.165) is 23.3 Å². The molecule has 0 spiro atoms.